The molecule has 0 aromatic carbocycles. The zero-order chi connectivity index (χ0) is 58.5. The van der Waals surface area contributed by atoms with E-state index in [9.17, 15) is 14.4 Å². The molecule has 0 aromatic rings. The first-order chi connectivity index (χ1) is 40.0. The van der Waals surface area contributed by atoms with E-state index in [-0.39, 0.29) is 38.0 Å². The highest BCUT2D eigenvalue weighted by molar-refractivity contribution is 5.72. The molecule has 0 aliphatic rings. The van der Waals surface area contributed by atoms with Crippen molar-refractivity contribution in [3.8, 4) is 0 Å². The SMILES string of the molecule is CC/C=C\C/C=C\C/C=C\C/C=C\C/C=C\C/C=C\CCCCCCC(=O)OC(COC(=O)C/C=C\C/C=C\C/C=C\C/C=C\C/C=C\CC)COC(=O)CCCCCCCCCCCCCC/C=C\C/C=C\C/C=C\C/C=C\CC. The molecule has 0 bridgehead atoms. The van der Waals surface area contributed by atoms with Crippen LogP contribution in [0.15, 0.2) is 182 Å². The number of hydrogen-bond donors (Lipinski definition) is 0. The van der Waals surface area contributed by atoms with Crippen LogP contribution in [0.4, 0.5) is 0 Å². The molecule has 6 heteroatoms. The standard InChI is InChI=1S/C75H116O6/c1-4-7-10-13-16-19-22-25-28-30-32-34-36-37-39-40-42-44-47-50-53-56-59-62-65-68-74(77)80-71-72(70-79-73(76)67-64-61-58-55-52-49-46-27-24-21-18-15-12-9-6-3)81-75(78)69-66-63-60-57-54-51-48-45-43-41-38-35-33-31-29-26-23-20-17-14-11-8-5-2/h7-12,16-21,25-29,32-35,41,43,46,48,51-52,55,61,64,72H,4-6,13-15,22-24,30-31,36-40,42,44-45,47,49-50,53-54,56-60,62-63,65-71H2,1-3H3/b10-7-,11-8-,12-9-,19-16-,20-17-,21-18-,28-25-,29-26-,34-32-,35-33-,43-41-,46-27-,51-48-,55-52-,64-61-. The van der Waals surface area contributed by atoms with Crippen molar-refractivity contribution in [2.45, 2.75) is 258 Å². The number of hydrogen-bond acceptors (Lipinski definition) is 6. The Kier molecular flexibility index (Phi) is 62.5. The van der Waals surface area contributed by atoms with Gasteiger partial charge in [-0.3, -0.25) is 14.4 Å². The lowest BCUT2D eigenvalue weighted by Crippen LogP contribution is -2.30. The van der Waals surface area contributed by atoms with Crippen LogP contribution < -0.4 is 0 Å². The molecule has 0 N–H and O–H groups in total. The van der Waals surface area contributed by atoms with Gasteiger partial charge in [-0.15, -0.1) is 0 Å². The number of unbranched alkanes of at least 4 members (excludes halogenated alkanes) is 16. The zero-order valence-corrected chi connectivity index (χ0v) is 51.7. The largest absolute Gasteiger partial charge is 0.462 e. The fraction of sp³-hybridized carbons (Fsp3) is 0.560. The third kappa shape index (κ3) is 65.2. The van der Waals surface area contributed by atoms with Crippen molar-refractivity contribution < 1.29 is 28.6 Å². The predicted octanol–water partition coefficient (Wildman–Crippen LogP) is 22.4. The van der Waals surface area contributed by atoms with Gasteiger partial charge in [-0.25, -0.2) is 0 Å². The number of carbonyl (C=O) groups excluding carboxylic acids is 3. The first-order valence-corrected chi connectivity index (χ1v) is 32.3. The summed E-state index contributed by atoms with van der Waals surface area (Å²) < 4.78 is 16.8. The molecule has 452 valence electrons. The average molecular weight is 1110 g/mol. The Morgan fingerprint density at radius 3 is 0.802 bits per heavy atom. The lowest BCUT2D eigenvalue weighted by atomic mass is 10.0. The molecular formula is C75H116O6. The predicted molar refractivity (Wildman–Crippen MR) is 352 cm³/mol. The second kappa shape index (κ2) is 67.0. The Labute approximate surface area is 497 Å². The highest BCUT2D eigenvalue weighted by Crippen LogP contribution is 2.15. The molecule has 0 rings (SSSR count). The molecule has 0 saturated carbocycles. The third-order valence-electron chi connectivity index (χ3n) is 12.9. The van der Waals surface area contributed by atoms with E-state index in [4.69, 9.17) is 14.2 Å². The second-order valence-corrected chi connectivity index (χ2v) is 20.5. The average Bonchev–Trinajstić information content (AvgIpc) is 3.47. The van der Waals surface area contributed by atoms with Gasteiger partial charge in [0.15, 0.2) is 6.10 Å². The van der Waals surface area contributed by atoms with E-state index in [0.717, 1.165) is 141 Å². The lowest BCUT2D eigenvalue weighted by molar-refractivity contribution is -0.166. The molecule has 0 aromatic heterocycles. The van der Waals surface area contributed by atoms with E-state index in [1.54, 1.807) is 6.08 Å². The summed E-state index contributed by atoms with van der Waals surface area (Å²) in [5.74, 6) is -1.10. The minimum atomic E-state index is -0.844. The molecular weight excluding hydrogens is 997 g/mol. The second-order valence-electron chi connectivity index (χ2n) is 20.5. The Balaban J connectivity index is 4.51. The van der Waals surface area contributed by atoms with E-state index < -0.39 is 12.1 Å². The minimum Gasteiger partial charge on any atom is -0.462 e. The molecule has 0 aliphatic carbocycles. The van der Waals surface area contributed by atoms with Gasteiger partial charge >= 0.3 is 17.9 Å². The first kappa shape index (κ1) is 75.5. The summed E-state index contributed by atoms with van der Waals surface area (Å²) in [6.45, 7) is 6.18. The van der Waals surface area contributed by atoms with Crippen LogP contribution in [0.1, 0.15) is 252 Å². The van der Waals surface area contributed by atoms with Crippen molar-refractivity contribution in [2.24, 2.45) is 0 Å². The monoisotopic (exact) mass is 1110 g/mol. The quantitative estimate of drug-likeness (QED) is 0.0261. The summed E-state index contributed by atoms with van der Waals surface area (Å²) in [4.78, 5) is 38.3. The van der Waals surface area contributed by atoms with Gasteiger partial charge in [-0.1, -0.05) is 280 Å². The summed E-state index contributed by atoms with van der Waals surface area (Å²) in [6, 6.07) is 0. The molecule has 0 spiro atoms. The third-order valence-corrected chi connectivity index (χ3v) is 12.9. The molecule has 0 fully saturated rings. The summed E-state index contributed by atoms with van der Waals surface area (Å²) in [6.07, 6.45) is 101. The first-order valence-electron chi connectivity index (χ1n) is 32.3. The van der Waals surface area contributed by atoms with Crippen LogP contribution in [0.2, 0.25) is 0 Å². The number of ether oxygens (including phenoxy) is 3. The summed E-state index contributed by atoms with van der Waals surface area (Å²) in [5.41, 5.74) is 0. The fourth-order valence-electron chi connectivity index (χ4n) is 8.22. The molecule has 6 nitrogen and oxygen atoms in total. The Morgan fingerprint density at radius 1 is 0.259 bits per heavy atom. The zero-order valence-electron chi connectivity index (χ0n) is 51.7. The lowest BCUT2D eigenvalue weighted by Gasteiger charge is -2.18. The molecule has 1 atom stereocenters. The van der Waals surface area contributed by atoms with Crippen LogP contribution in [-0.2, 0) is 28.6 Å². The molecule has 0 radical (unpaired) electrons. The summed E-state index contributed by atoms with van der Waals surface area (Å²) >= 11 is 0. The van der Waals surface area contributed by atoms with E-state index in [0.29, 0.717) is 12.8 Å². The Hall–Kier alpha value is -5.49. The molecule has 0 aliphatic heterocycles. The van der Waals surface area contributed by atoms with E-state index in [1.807, 2.05) is 6.08 Å². The van der Waals surface area contributed by atoms with E-state index in [1.165, 1.54) is 64.2 Å². The van der Waals surface area contributed by atoms with Gasteiger partial charge < -0.3 is 14.2 Å². The smallest absolute Gasteiger partial charge is 0.309 e. The van der Waals surface area contributed by atoms with Crippen molar-refractivity contribution in [1.29, 1.82) is 0 Å². The van der Waals surface area contributed by atoms with Crippen LogP contribution in [0.5, 0.6) is 0 Å². The van der Waals surface area contributed by atoms with Crippen LogP contribution >= 0.6 is 0 Å². The number of allylic oxidation sites excluding steroid dienone is 29. The maximum absolute atomic E-state index is 12.9. The fourth-order valence-corrected chi connectivity index (χ4v) is 8.22. The van der Waals surface area contributed by atoms with Gasteiger partial charge in [0.1, 0.15) is 13.2 Å². The van der Waals surface area contributed by atoms with E-state index in [2.05, 4.69) is 191 Å². The van der Waals surface area contributed by atoms with Gasteiger partial charge in [-0.2, -0.15) is 0 Å². The normalized spacial score (nSPS) is 13.4. The van der Waals surface area contributed by atoms with Crippen molar-refractivity contribution in [3.05, 3.63) is 182 Å². The topological polar surface area (TPSA) is 78.9 Å². The van der Waals surface area contributed by atoms with Crippen LogP contribution in [0.25, 0.3) is 0 Å². The Morgan fingerprint density at radius 2 is 0.494 bits per heavy atom. The van der Waals surface area contributed by atoms with Gasteiger partial charge in [0.2, 0.25) is 0 Å². The number of rotatable bonds is 56. The minimum absolute atomic E-state index is 0.112. The van der Waals surface area contributed by atoms with Crippen molar-refractivity contribution in [3.63, 3.8) is 0 Å². The molecule has 1 unspecified atom stereocenters. The molecule has 0 saturated heterocycles. The molecule has 0 amide bonds. The van der Waals surface area contributed by atoms with Crippen LogP contribution in [-0.4, -0.2) is 37.2 Å². The van der Waals surface area contributed by atoms with Crippen molar-refractivity contribution in [1.82, 2.24) is 0 Å². The summed E-state index contributed by atoms with van der Waals surface area (Å²) in [7, 11) is 0. The number of carbonyl (C=O) groups is 3. The van der Waals surface area contributed by atoms with E-state index >= 15 is 0 Å². The van der Waals surface area contributed by atoms with Gasteiger partial charge in [0.05, 0.1) is 6.42 Å². The maximum Gasteiger partial charge on any atom is 0.309 e. The van der Waals surface area contributed by atoms with Crippen molar-refractivity contribution >= 4 is 17.9 Å². The highest BCUT2D eigenvalue weighted by atomic mass is 16.6. The number of esters is 3. The van der Waals surface area contributed by atoms with Crippen LogP contribution in [0, 0.1) is 0 Å². The maximum atomic E-state index is 12.9. The Bertz CT molecular complexity index is 1900. The molecule has 0 heterocycles. The van der Waals surface area contributed by atoms with Gasteiger partial charge in [0.25, 0.3) is 0 Å². The summed E-state index contributed by atoms with van der Waals surface area (Å²) in [5, 5.41) is 0. The van der Waals surface area contributed by atoms with Gasteiger partial charge in [-0.05, 0) is 135 Å². The van der Waals surface area contributed by atoms with Crippen molar-refractivity contribution in [2.75, 3.05) is 13.2 Å². The van der Waals surface area contributed by atoms with Gasteiger partial charge in [0, 0.05) is 12.8 Å². The highest BCUT2D eigenvalue weighted by Gasteiger charge is 2.19. The molecule has 81 heavy (non-hydrogen) atoms. The van der Waals surface area contributed by atoms with Crippen LogP contribution in [0.3, 0.4) is 0 Å².